The Morgan fingerprint density at radius 3 is 1.89 bits per heavy atom. The van der Waals surface area contributed by atoms with Crippen molar-refractivity contribution in [2.24, 2.45) is 0 Å². The van der Waals surface area contributed by atoms with E-state index in [1.807, 2.05) is 66.5 Å². The highest BCUT2D eigenvalue weighted by Crippen LogP contribution is 2.40. The molecule has 2 aliphatic rings. The number of likely N-dealkylation sites (tertiary alicyclic amines) is 1. The van der Waals surface area contributed by atoms with E-state index < -0.39 is 5.60 Å². The molecule has 2 fully saturated rings. The van der Waals surface area contributed by atoms with Crippen LogP contribution in [0.15, 0.2) is 84.1 Å². The van der Waals surface area contributed by atoms with Crippen molar-refractivity contribution in [3.8, 4) is 0 Å². The predicted molar refractivity (Wildman–Crippen MR) is 230 cm³/mol. The van der Waals surface area contributed by atoms with E-state index in [1.54, 1.807) is 34.0 Å². The molecule has 55 heavy (non-hydrogen) atoms. The molecule has 0 aliphatic carbocycles. The maximum Gasteiger partial charge on any atom is 0.410 e. The quantitative estimate of drug-likeness (QED) is 0.151. The van der Waals surface area contributed by atoms with Gasteiger partial charge in [-0.2, -0.15) is 0 Å². The number of fused-ring (bicyclic) bond motifs is 4. The zero-order chi connectivity index (χ0) is 37.5. The maximum absolute atomic E-state index is 12.4. The van der Waals surface area contributed by atoms with Crippen molar-refractivity contribution in [2.45, 2.75) is 51.0 Å². The average molecular weight is 805 g/mol. The Bertz CT molecular complexity index is 2630. The molecule has 2 aromatic carbocycles. The standard InChI is InChI=1S/C23H24N4O2S2.C18H16N4S2/c1-23(2,3)29-22(28)27-9-7-14(12-27)20-11-16-17(6-8-24-21(16)31-20)26-15-4-5-19-18(10-15)25-13-30-19;1-2-16-15(21-10-23-16)7-12(1)22-14-4-6-20-18-13(14)8-17(24-18)11-3-5-19-9-11/h4-6,8,10-11,13-14H,7,9,12H2,1-3H3,(H,24,26);1-2,4,6-8,10-11,19H,3,5,9H2,(H,20,22). The van der Waals surface area contributed by atoms with Gasteiger partial charge in [0.15, 0.2) is 0 Å². The molecule has 2 atom stereocenters. The molecule has 8 aromatic rings. The van der Waals surface area contributed by atoms with Crippen LogP contribution >= 0.6 is 45.3 Å². The summed E-state index contributed by atoms with van der Waals surface area (Å²) in [5, 5.41) is 12.8. The number of hydrogen-bond acceptors (Lipinski definition) is 13. The molecular weight excluding hydrogens is 765 g/mol. The molecule has 10 nitrogen and oxygen atoms in total. The molecule has 2 saturated heterocycles. The van der Waals surface area contributed by atoms with Crippen LogP contribution < -0.4 is 16.0 Å². The van der Waals surface area contributed by atoms with Crippen LogP contribution in [0.2, 0.25) is 0 Å². The van der Waals surface area contributed by atoms with Crippen LogP contribution in [0, 0.1) is 0 Å². The number of aromatic nitrogens is 4. The first kappa shape index (κ1) is 35.9. The second-order valence-corrected chi connectivity index (χ2v) is 18.8. The molecule has 2 aliphatic heterocycles. The molecule has 10 rings (SSSR count). The average Bonchev–Trinajstić information content (AvgIpc) is 4.01. The van der Waals surface area contributed by atoms with Gasteiger partial charge in [0.25, 0.3) is 0 Å². The van der Waals surface area contributed by atoms with Crippen LogP contribution in [0.4, 0.5) is 27.5 Å². The van der Waals surface area contributed by atoms with Gasteiger partial charge in [-0.3, -0.25) is 0 Å². The topological polar surface area (TPSA) is 117 Å². The Balaban J connectivity index is 0.000000149. The molecular formula is C41H40N8O2S4. The van der Waals surface area contributed by atoms with Gasteiger partial charge in [-0.05, 0) is 101 Å². The Labute approximate surface area is 334 Å². The minimum atomic E-state index is -0.473. The van der Waals surface area contributed by atoms with Gasteiger partial charge >= 0.3 is 6.09 Å². The molecule has 14 heteroatoms. The van der Waals surface area contributed by atoms with Crippen molar-refractivity contribution in [1.82, 2.24) is 30.2 Å². The highest BCUT2D eigenvalue weighted by Gasteiger charge is 2.31. The SMILES string of the molecule is CC(C)(C)OC(=O)N1CCC(c2cc3c(Nc4ccc5scnc5c4)ccnc3s2)C1.c1cc(Nc2ccc3scnc3c2)c2cc(C3CCNC3)sc2n1. The molecule has 0 saturated carbocycles. The van der Waals surface area contributed by atoms with Crippen molar-refractivity contribution in [3.63, 3.8) is 0 Å². The number of nitrogens with one attached hydrogen (secondary N) is 3. The molecule has 0 bridgehead atoms. The van der Waals surface area contributed by atoms with E-state index in [-0.39, 0.29) is 6.09 Å². The Morgan fingerprint density at radius 1 is 0.764 bits per heavy atom. The number of hydrogen-bond donors (Lipinski definition) is 3. The Morgan fingerprint density at radius 2 is 1.35 bits per heavy atom. The number of thiazole rings is 2. The molecule has 0 spiro atoms. The summed E-state index contributed by atoms with van der Waals surface area (Å²) in [5.74, 6) is 0.939. The Hall–Kier alpha value is -4.73. The number of carbonyl (C=O) groups is 1. The van der Waals surface area contributed by atoms with Gasteiger partial charge in [0.1, 0.15) is 15.3 Å². The number of benzene rings is 2. The van der Waals surface area contributed by atoms with E-state index in [1.165, 1.54) is 31.0 Å². The number of ether oxygens (including phenoxy) is 1. The van der Waals surface area contributed by atoms with Crippen LogP contribution in [0.5, 0.6) is 0 Å². The number of anilines is 4. The van der Waals surface area contributed by atoms with Gasteiger partial charge in [0, 0.05) is 75.8 Å². The van der Waals surface area contributed by atoms with E-state index in [4.69, 9.17) is 4.74 Å². The van der Waals surface area contributed by atoms with Crippen molar-refractivity contribution in [3.05, 3.63) is 93.8 Å². The number of amides is 1. The van der Waals surface area contributed by atoms with E-state index in [0.717, 1.165) is 74.9 Å². The van der Waals surface area contributed by atoms with Gasteiger partial charge in [-0.1, -0.05) is 0 Å². The third kappa shape index (κ3) is 7.87. The molecule has 6 aromatic heterocycles. The van der Waals surface area contributed by atoms with Gasteiger partial charge < -0.3 is 25.6 Å². The van der Waals surface area contributed by atoms with E-state index in [0.29, 0.717) is 18.4 Å². The highest BCUT2D eigenvalue weighted by molar-refractivity contribution is 7.19. The minimum Gasteiger partial charge on any atom is -0.444 e. The molecule has 2 unspecified atom stereocenters. The summed E-state index contributed by atoms with van der Waals surface area (Å²) >= 11 is 6.84. The second kappa shape index (κ2) is 15.1. The number of thiophene rings is 2. The monoisotopic (exact) mass is 804 g/mol. The van der Waals surface area contributed by atoms with Gasteiger partial charge in [-0.25, -0.2) is 24.7 Å². The van der Waals surface area contributed by atoms with Gasteiger partial charge in [-0.15, -0.1) is 45.3 Å². The van der Waals surface area contributed by atoms with Gasteiger partial charge in [0.2, 0.25) is 0 Å². The zero-order valence-corrected chi connectivity index (χ0v) is 33.9. The lowest BCUT2D eigenvalue weighted by Gasteiger charge is -2.24. The fourth-order valence-electron chi connectivity index (χ4n) is 7.10. The fraction of sp³-hybridized carbons (Fsp3) is 0.293. The summed E-state index contributed by atoms with van der Waals surface area (Å²) in [5.41, 5.74) is 9.54. The maximum atomic E-state index is 12.4. The molecule has 280 valence electrons. The zero-order valence-electron chi connectivity index (χ0n) is 30.7. The molecule has 3 N–H and O–H groups in total. The van der Waals surface area contributed by atoms with E-state index in [2.05, 4.69) is 90.5 Å². The number of rotatable bonds is 6. The Kier molecular flexibility index (Phi) is 9.85. The summed E-state index contributed by atoms with van der Waals surface area (Å²) < 4.78 is 7.93. The third-order valence-corrected chi connectivity index (χ3v) is 13.9. The lowest BCUT2D eigenvalue weighted by molar-refractivity contribution is 0.0292. The lowest BCUT2D eigenvalue weighted by atomic mass is 10.1. The number of carbonyl (C=O) groups excluding carboxylic acids is 1. The molecule has 0 radical (unpaired) electrons. The van der Waals surface area contributed by atoms with Crippen LogP contribution in [-0.4, -0.2) is 62.7 Å². The van der Waals surface area contributed by atoms with Crippen LogP contribution in [0.3, 0.4) is 0 Å². The van der Waals surface area contributed by atoms with E-state index >= 15 is 0 Å². The van der Waals surface area contributed by atoms with Crippen LogP contribution in [0.1, 0.15) is 55.2 Å². The largest absolute Gasteiger partial charge is 0.444 e. The second-order valence-electron chi connectivity index (χ2n) is 14.9. The number of nitrogens with zero attached hydrogens (tertiary/aromatic N) is 5. The highest BCUT2D eigenvalue weighted by atomic mass is 32.1. The summed E-state index contributed by atoms with van der Waals surface area (Å²) in [4.78, 5) is 37.0. The van der Waals surface area contributed by atoms with Gasteiger partial charge in [0.05, 0.1) is 42.8 Å². The van der Waals surface area contributed by atoms with Crippen molar-refractivity contribution < 1.29 is 9.53 Å². The summed E-state index contributed by atoms with van der Waals surface area (Å²) in [6.07, 6.45) is 5.66. The van der Waals surface area contributed by atoms with Crippen LogP contribution in [-0.2, 0) is 4.74 Å². The van der Waals surface area contributed by atoms with Crippen molar-refractivity contribution >= 4 is 115 Å². The summed E-state index contributed by atoms with van der Waals surface area (Å²) in [7, 11) is 0. The minimum absolute atomic E-state index is 0.228. The lowest BCUT2D eigenvalue weighted by Crippen LogP contribution is -2.35. The third-order valence-electron chi connectivity index (χ3n) is 9.83. The fourth-order valence-corrected chi connectivity index (χ4v) is 10.7. The van der Waals surface area contributed by atoms with E-state index in [9.17, 15) is 4.79 Å². The summed E-state index contributed by atoms with van der Waals surface area (Å²) in [6.45, 7) is 9.30. The van der Waals surface area contributed by atoms with Crippen molar-refractivity contribution in [1.29, 1.82) is 0 Å². The predicted octanol–water partition coefficient (Wildman–Crippen LogP) is 11.1. The first-order valence-electron chi connectivity index (χ1n) is 18.4. The normalized spacial score (nSPS) is 17.3. The first-order chi connectivity index (χ1) is 26.7. The number of pyridine rings is 2. The first-order valence-corrected chi connectivity index (χ1v) is 21.8. The smallest absolute Gasteiger partial charge is 0.410 e. The van der Waals surface area contributed by atoms with Crippen LogP contribution in [0.25, 0.3) is 40.9 Å². The molecule has 1 amide bonds. The summed E-state index contributed by atoms with van der Waals surface area (Å²) in [6, 6.07) is 21.2. The van der Waals surface area contributed by atoms with Crippen molar-refractivity contribution in [2.75, 3.05) is 36.8 Å². The molecule has 8 heterocycles.